The van der Waals surface area contributed by atoms with Gasteiger partial charge in [-0.15, -0.1) is 23.1 Å². The Labute approximate surface area is 230 Å². The van der Waals surface area contributed by atoms with Crippen LogP contribution in [-0.4, -0.2) is 29.6 Å². The third-order valence-corrected chi connectivity index (χ3v) is 8.58. The number of hydrogen-bond acceptors (Lipinski definition) is 6. The van der Waals surface area contributed by atoms with Crippen molar-refractivity contribution in [3.05, 3.63) is 75.9 Å². The van der Waals surface area contributed by atoms with Crippen LogP contribution in [-0.2, 0) is 22.4 Å². The second-order valence-corrected chi connectivity index (χ2v) is 11.6. The topological polar surface area (TPSA) is 84.5 Å². The molecule has 0 fully saturated rings. The molecule has 2 N–H and O–H groups in total. The number of rotatable bonds is 8. The molecule has 1 aliphatic rings. The van der Waals surface area contributed by atoms with Gasteiger partial charge in [0.25, 0.3) is 5.91 Å². The van der Waals surface area contributed by atoms with Crippen LogP contribution in [0.5, 0.6) is 0 Å². The van der Waals surface area contributed by atoms with E-state index in [4.69, 9.17) is 4.74 Å². The average Bonchev–Trinajstić information content (AvgIpc) is 3.20. The lowest BCUT2D eigenvalue weighted by atomic mass is 9.96. The Hall–Kier alpha value is -3.17. The fraction of sp³-hybridized carbons (Fsp3) is 0.345. The quantitative estimate of drug-likeness (QED) is 0.229. The normalized spacial score (nSPS) is 14.0. The number of halogens is 1. The zero-order valence-corrected chi connectivity index (χ0v) is 23.1. The van der Waals surface area contributed by atoms with Gasteiger partial charge >= 0.3 is 5.97 Å². The zero-order chi connectivity index (χ0) is 27.1. The van der Waals surface area contributed by atoms with Gasteiger partial charge in [0, 0.05) is 15.5 Å². The van der Waals surface area contributed by atoms with Gasteiger partial charge in [0.2, 0.25) is 5.91 Å². The van der Waals surface area contributed by atoms with Crippen LogP contribution in [0.1, 0.15) is 70.7 Å². The summed E-state index contributed by atoms with van der Waals surface area (Å²) in [4.78, 5) is 40.5. The first kappa shape index (κ1) is 27.9. The number of esters is 1. The molecule has 1 aromatic heterocycles. The molecule has 2 aromatic carbocycles. The second-order valence-electron chi connectivity index (χ2n) is 9.05. The molecular weight excluding hydrogens is 523 g/mol. The van der Waals surface area contributed by atoms with E-state index in [1.807, 2.05) is 6.07 Å². The number of benzene rings is 2. The molecule has 0 saturated carbocycles. The van der Waals surface area contributed by atoms with E-state index in [0.717, 1.165) is 47.4 Å². The van der Waals surface area contributed by atoms with Crippen molar-refractivity contribution >= 4 is 51.6 Å². The molecule has 6 nitrogen and oxygen atoms in total. The molecule has 0 saturated heterocycles. The molecule has 38 heavy (non-hydrogen) atoms. The fourth-order valence-electron chi connectivity index (χ4n) is 4.39. The Bertz CT molecular complexity index is 1320. The summed E-state index contributed by atoms with van der Waals surface area (Å²) < 4.78 is 19.3. The van der Waals surface area contributed by atoms with E-state index < -0.39 is 17.0 Å². The number of fused-ring (bicyclic) bond motifs is 1. The maximum atomic E-state index is 14.0. The molecule has 0 radical (unpaired) electrons. The van der Waals surface area contributed by atoms with Gasteiger partial charge in [0.1, 0.15) is 10.8 Å². The lowest BCUT2D eigenvalue weighted by Crippen LogP contribution is -2.23. The highest BCUT2D eigenvalue weighted by atomic mass is 32.2. The monoisotopic (exact) mass is 554 g/mol. The molecule has 1 aliphatic carbocycles. The lowest BCUT2D eigenvalue weighted by molar-refractivity contribution is -0.115. The minimum atomic E-state index is -0.593. The Morgan fingerprint density at radius 1 is 1.03 bits per heavy atom. The highest BCUT2D eigenvalue weighted by molar-refractivity contribution is 8.00. The van der Waals surface area contributed by atoms with Crippen molar-refractivity contribution in [3.8, 4) is 0 Å². The largest absolute Gasteiger partial charge is 0.462 e. The summed E-state index contributed by atoms with van der Waals surface area (Å²) in [7, 11) is 0. The number of hydrogen-bond donors (Lipinski definition) is 2. The van der Waals surface area contributed by atoms with Crippen LogP contribution in [0.15, 0.2) is 53.4 Å². The van der Waals surface area contributed by atoms with Crippen LogP contribution in [0, 0.1) is 5.82 Å². The van der Waals surface area contributed by atoms with E-state index in [1.165, 1.54) is 47.7 Å². The van der Waals surface area contributed by atoms with Crippen molar-refractivity contribution in [2.45, 2.75) is 62.5 Å². The SMILES string of the molecule is CCOC(=O)c1c(NC(=O)C(C)Sc2cccc(NC(=O)c3ccccc3F)c2)sc2c1CCCCCC2. The number of thiophene rings is 1. The Morgan fingerprint density at radius 2 is 1.79 bits per heavy atom. The number of aryl methyl sites for hydroxylation is 1. The van der Waals surface area contributed by atoms with Crippen molar-refractivity contribution < 1.29 is 23.5 Å². The number of ether oxygens (including phenoxy) is 1. The van der Waals surface area contributed by atoms with Crippen molar-refractivity contribution in [3.63, 3.8) is 0 Å². The number of anilines is 2. The van der Waals surface area contributed by atoms with E-state index in [1.54, 1.807) is 38.1 Å². The number of carbonyl (C=O) groups is 3. The van der Waals surface area contributed by atoms with Crippen LogP contribution >= 0.6 is 23.1 Å². The number of thioether (sulfide) groups is 1. The highest BCUT2D eigenvalue weighted by Gasteiger charge is 2.27. The first-order chi connectivity index (χ1) is 18.4. The number of amides is 2. The number of nitrogens with one attached hydrogen (secondary N) is 2. The van der Waals surface area contributed by atoms with Crippen molar-refractivity contribution in [2.75, 3.05) is 17.2 Å². The van der Waals surface area contributed by atoms with E-state index in [2.05, 4.69) is 10.6 Å². The van der Waals surface area contributed by atoms with Gasteiger partial charge in [0.15, 0.2) is 0 Å². The maximum absolute atomic E-state index is 14.0. The highest BCUT2D eigenvalue weighted by Crippen LogP contribution is 2.38. The summed E-state index contributed by atoms with van der Waals surface area (Å²) in [5.74, 6) is -1.75. The molecule has 0 aliphatic heterocycles. The first-order valence-electron chi connectivity index (χ1n) is 12.8. The predicted octanol–water partition coefficient (Wildman–Crippen LogP) is 7.09. The van der Waals surface area contributed by atoms with Gasteiger partial charge in [-0.05, 0) is 75.4 Å². The summed E-state index contributed by atoms with van der Waals surface area (Å²) >= 11 is 2.81. The van der Waals surface area contributed by atoms with Gasteiger partial charge in [-0.1, -0.05) is 31.0 Å². The average molecular weight is 555 g/mol. The van der Waals surface area contributed by atoms with Crippen LogP contribution in [0.4, 0.5) is 15.1 Å². The zero-order valence-electron chi connectivity index (χ0n) is 21.5. The predicted molar refractivity (Wildman–Crippen MR) is 151 cm³/mol. The third kappa shape index (κ3) is 6.82. The van der Waals surface area contributed by atoms with Crippen molar-refractivity contribution in [2.24, 2.45) is 0 Å². The lowest BCUT2D eigenvalue weighted by Gasteiger charge is -2.14. The van der Waals surface area contributed by atoms with E-state index in [9.17, 15) is 18.8 Å². The van der Waals surface area contributed by atoms with Crippen LogP contribution in [0.25, 0.3) is 0 Å². The minimum absolute atomic E-state index is 0.0410. The summed E-state index contributed by atoms with van der Waals surface area (Å²) in [6, 6.07) is 12.9. The molecule has 200 valence electrons. The Kier molecular flexibility index (Phi) is 9.58. The first-order valence-corrected chi connectivity index (χ1v) is 14.5. The second kappa shape index (κ2) is 13.1. The van der Waals surface area contributed by atoms with E-state index >= 15 is 0 Å². The number of carbonyl (C=O) groups excluding carboxylic acids is 3. The minimum Gasteiger partial charge on any atom is -0.462 e. The smallest absolute Gasteiger partial charge is 0.341 e. The molecule has 1 atom stereocenters. The van der Waals surface area contributed by atoms with Crippen molar-refractivity contribution in [1.29, 1.82) is 0 Å². The Balaban J connectivity index is 1.46. The fourth-order valence-corrected chi connectivity index (χ4v) is 6.60. The van der Waals surface area contributed by atoms with Crippen LogP contribution in [0.3, 0.4) is 0 Å². The van der Waals surface area contributed by atoms with Gasteiger partial charge in [-0.3, -0.25) is 9.59 Å². The molecule has 3 aromatic rings. The van der Waals surface area contributed by atoms with Crippen LogP contribution in [0.2, 0.25) is 0 Å². The molecular formula is C29H31FN2O4S2. The summed E-state index contributed by atoms with van der Waals surface area (Å²) in [6.07, 6.45) is 6.09. The summed E-state index contributed by atoms with van der Waals surface area (Å²) in [5, 5.41) is 5.77. The molecule has 2 amide bonds. The van der Waals surface area contributed by atoms with E-state index in [0.29, 0.717) is 16.3 Å². The van der Waals surface area contributed by atoms with E-state index in [-0.39, 0.29) is 24.0 Å². The summed E-state index contributed by atoms with van der Waals surface area (Å²) in [6.45, 7) is 3.84. The molecule has 0 spiro atoms. The molecule has 0 bridgehead atoms. The van der Waals surface area contributed by atoms with Gasteiger partial charge in [0.05, 0.1) is 23.0 Å². The van der Waals surface area contributed by atoms with Crippen molar-refractivity contribution in [1.82, 2.24) is 0 Å². The standard InChI is InChI=1S/C29H31FN2O4S2/c1-3-36-29(35)25-22-14-6-4-5-7-16-24(22)38-28(25)32-26(33)18(2)37-20-12-10-11-19(17-20)31-27(34)21-13-8-9-15-23(21)30/h8-13,15,17-18H,3-7,14,16H2,1-2H3,(H,31,34)(H,32,33). The van der Waals surface area contributed by atoms with Gasteiger partial charge in [-0.2, -0.15) is 0 Å². The van der Waals surface area contributed by atoms with Crippen LogP contribution < -0.4 is 10.6 Å². The molecule has 1 heterocycles. The summed E-state index contributed by atoms with van der Waals surface area (Å²) in [5.41, 5.74) is 1.97. The van der Waals surface area contributed by atoms with Gasteiger partial charge < -0.3 is 15.4 Å². The molecule has 9 heteroatoms. The van der Waals surface area contributed by atoms with Gasteiger partial charge in [-0.25, -0.2) is 9.18 Å². The Morgan fingerprint density at radius 3 is 2.55 bits per heavy atom. The molecule has 1 unspecified atom stereocenters. The maximum Gasteiger partial charge on any atom is 0.341 e. The third-order valence-electron chi connectivity index (χ3n) is 6.28. The molecule has 4 rings (SSSR count).